The van der Waals surface area contributed by atoms with Gasteiger partial charge in [0.15, 0.2) is 0 Å². The molecular formula is C20H23NO4. The van der Waals surface area contributed by atoms with Crippen LogP contribution >= 0.6 is 0 Å². The first-order chi connectivity index (χ1) is 11.9. The fourth-order valence-corrected chi connectivity index (χ4v) is 2.24. The quantitative estimate of drug-likeness (QED) is 0.758. The van der Waals surface area contributed by atoms with E-state index in [1.54, 1.807) is 0 Å². The van der Waals surface area contributed by atoms with Gasteiger partial charge in [-0.1, -0.05) is 38.1 Å². The number of benzene rings is 2. The van der Waals surface area contributed by atoms with Crippen molar-refractivity contribution in [2.24, 2.45) is 0 Å². The predicted octanol–water partition coefficient (Wildman–Crippen LogP) is 4.08. The summed E-state index contributed by atoms with van der Waals surface area (Å²) >= 11 is 0. The Hall–Kier alpha value is -2.82. The number of amides is 1. The van der Waals surface area contributed by atoms with Crippen molar-refractivity contribution in [2.75, 3.05) is 0 Å². The van der Waals surface area contributed by atoms with Crippen molar-refractivity contribution >= 4 is 11.9 Å². The van der Waals surface area contributed by atoms with Crippen molar-refractivity contribution in [1.29, 1.82) is 0 Å². The maximum Gasteiger partial charge on any atom is 0.303 e. The van der Waals surface area contributed by atoms with Crippen LogP contribution in [0.25, 0.3) is 0 Å². The first kappa shape index (κ1) is 18.5. The highest BCUT2D eigenvalue weighted by Gasteiger charge is 2.05. The van der Waals surface area contributed by atoms with E-state index in [4.69, 9.17) is 9.84 Å². The fraction of sp³-hybridized carbons (Fsp3) is 0.300. The van der Waals surface area contributed by atoms with Gasteiger partial charge in [0.2, 0.25) is 5.91 Å². The highest BCUT2D eigenvalue weighted by Crippen LogP contribution is 2.24. The van der Waals surface area contributed by atoms with Gasteiger partial charge in [0, 0.05) is 13.0 Å². The number of carbonyl (C=O) groups excluding carboxylic acids is 1. The minimum atomic E-state index is -0.974. The van der Waals surface area contributed by atoms with Crippen LogP contribution in [0.2, 0.25) is 0 Å². The molecule has 0 spiro atoms. The van der Waals surface area contributed by atoms with Crippen LogP contribution in [0.15, 0.2) is 48.5 Å². The van der Waals surface area contributed by atoms with Crippen LogP contribution in [0.3, 0.4) is 0 Å². The molecule has 0 aliphatic rings. The molecule has 2 aromatic rings. The lowest BCUT2D eigenvalue weighted by molar-refractivity contribution is -0.138. The molecule has 0 aliphatic carbocycles. The molecule has 0 aliphatic heterocycles. The molecule has 5 heteroatoms. The third kappa shape index (κ3) is 6.30. The topological polar surface area (TPSA) is 75.6 Å². The molecule has 2 rings (SSSR count). The zero-order valence-electron chi connectivity index (χ0n) is 14.5. The van der Waals surface area contributed by atoms with Gasteiger partial charge < -0.3 is 15.2 Å². The number of ether oxygens (including phenoxy) is 1. The van der Waals surface area contributed by atoms with Crippen molar-refractivity contribution < 1.29 is 19.4 Å². The lowest BCUT2D eigenvalue weighted by Gasteiger charge is -2.09. The summed E-state index contributed by atoms with van der Waals surface area (Å²) in [6.07, 6.45) is -0.170. The molecule has 0 fully saturated rings. The standard InChI is InChI=1S/C20H23NO4/c1-14(2)16-5-9-18(10-6-16)25-17-7-3-15(4-8-17)13-21-19(22)11-12-20(23)24/h3-10,14H,11-13H2,1-2H3,(H,21,22)(H,23,24). The predicted molar refractivity (Wildman–Crippen MR) is 95.8 cm³/mol. The van der Waals surface area contributed by atoms with Gasteiger partial charge in [-0.05, 0) is 41.3 Å². The molecule has 5 nitrogen and oxygen atoms in total. The molecule has 1 amide bonds. The number of carboxylic acids is 1. The van der Waals surface area contributed by atoms with Crippen LogP contribution in [-0.2, 0) is 16.1 Å². The zero-order valence-corrected chi connectivity index (χ0v) is 14.5. The molecule has 0 atom stereocenters. The molecule has 0 heterocycles. The largest absolute Gasteiger partial charge is 0.481 e. The normalized spacial score (nSPS) is 10.5. The van der Waals surface area contributed by atoms with E-state index >= 15 is 0 Å². The average Bonchev–Trinajstić information content (AvgIpc) is 2.60. The highest BCUT2D eigenvalue weighted by atomic mass is 16.5. The molecular weight excluding hydrogens is 318 g/mol. The molecule has 0 bridgehead atoms. The van der Waals surface area contributed by atoms with Crippen LogP contribution in [0.4, 0.5) is 0 Å². The Balaban J connectivity index is 1.85. The number of hydrogen-bond acceptors (Lipinski definition) is 3. The first-order valence-corrected chi connectivity index (χ1v) is 8.29. The van der Waals surface area contributed by atoms with E-state index in [1.165, 1.54) is 5.56 Å². The summed E-state index contributed by atoms with van der Waals surface area (Å²) in [7, 11) is 0. The van der Waals surface area contributed by atoms with Crippen molar-refractivity contribution in [3.8, 4) is 11.5 Å². The second kappa shape index (κ2) is 8.87. The monoisotopic (exact) mass is 341 g/mol. The van der Waals surface area contributed by atoms with Gasteiger partial charge in [-0.2, -0.15) is 0 Å². The number of hydrogen-bond donors (Lipinski definition) is 2. The number of carboxylic acid groups (broad SMARTS) is 1. The summed E-state index contributed by atoms with van der Waals surface area (Å²) in [5.41, 5.74) is 2.19. The molecule has 0 aromatic heterocycles. The second-order valence-corrected chi connectivity index (χ2v) is 6.14. The molecule has 2 aromatic carbocycles. The van der Waals surface area contributed by atoms with E-state index in [1.807, 2.05) is 36.4 Å². The smallest absolute Gasteiger partial charge is 0.303 e. The molecule has 0 unspecified atom stereocenters. The Morgan fingerprint density at radius 1 is 0.960 bits per heavy atom. The van der Waals surface area contributed by atoms with Crippen molar-refractivity contribution in [1.82, 2.24) is 5.32 Å². The molecule has 25 heavy (non-hydrogen) atoms. The number of nitrogens with one attached hydrogen (secondary N) is 1. The Morgan fingerprint density at radius 3 is 2.04 bits per heavy atom. The van der Waals surface area contributed by atoms with Gasteiger partial charge in [-0.25, -0.2) is 0 Å². The van der Waals surface area contributed by atoms with Gasteiger partial charge in [0.1, 0.15) is 11.5 Å². The van der Waals surface area contributed by atoms with E-state index in [0.29, 0.717) is 12.5 Å². The first-order valence-electron chi connectivity index (χ1n) is 8.29. The van der Waals surface area contributed by atoms with Gasteiger partial charge >= 0.3 is 5.97 Å². The van der Waals surface area contributed by atoms with Gasteiger partial charge in [0.25, 0.3) is 0 Å². The summed E-state index contributed by atoms with van der Waals surface area (Å²) in [6.45, 7) is 4.66. The van der Waals surface area contributed by atoms with Crippen LogP contribution < -0.4 is 10.1 Å². The van der Waals surface area contributed by atoms with Crippen LogP contribution in [0.5, 0.6) is 11.5 Å². The minimum Gasteiger partial charge on any atom is -0.481 e. The molecule has 0 saturated carbocycles. The second-order valence-electron chi connectivity index (χ2n) is 6.14. The summed E-state index contributed by atoms with van der Waals surface area (Å²) in [5.74, 6) is 0.738. The SMILES string of the molecule is CC(C)c1ccc(Oc2ccc(CNC(=O)CCC(=O)O)cc2)cc1. The maximum absolute atomic E-state index is 11.5. The zero-order chi connectivity index (χ0) is 18.2. The Morgan fingerprint density at radius 2 is 1.52 bits per heavy atom. The average molecular weight is 341 g/mol. The van der Waals surface area contributed by atoms with Crippen molar-refractivity contribution in [3.05, 3.63) is 59.7 Å². The van der Waals surface area contributed by atoms with Gasteiger partial charge in [-0.15, -0.1) is 0 Å². The van der Waals surface area contributed by atoms with Crippen LogP contribution in [0.1, 0.15) is 43.7 Å². The molecule has 0 saturated heterocycles. The lowest BCUT2D eigenvalue weighted by atomic mass is 10.0. The summed E-state index contributed by atoms with van der Waals surface area (Å²) in [4.78, 5) is 21.9. The van der Waals surface area contributed by atoms with Gasteiger partial charge in [0.05, 0.1) is 6.42 Å². The van der Waals surface area contributed by atoms with Crippen LogP contribution in [0, 0.1) is 0 Å². The van der Waals surface area contributed by atoms with E-state index in [9.17, 15) is 9.59 Å². The van der Waals surface area contributed by atoms with Crippen molar-refractivity contribution in [3.63, 3.8) is 0 Å². The highest BCUT2D eigenvalue weighted by molar-refractivity contribution is 5.80. The number of rotatable bonds is 8. The number of carbonyl (C=O) groups is 2. The maximum atomic E-state index is 11.5. The van der Waals surface area contributed by atoms with E-state index in [2.05, 4.69) is 31.3 Å². The van der Waals surface area contributed by atoms with E-state index in [-0.39, 0.29) is 18.7 Å². The van der Waals surface area contributed by atoms with E-state index in [0.717, 1.165) is 17.1 Å². The number of aliphatic carboxylic acids is 1. The van der Waals surface area contributed by atoms with Crippen LogP contribution in [-0.4, -0.2) is 17.0 Å². The minimum absolute atomic E-state index is 0.0110. The summed E-state index contributed by atoms with van der Waals surface area (Å²) in [6, 6.07) is 15.4. The lowest BCUT2D eigenvalue weighted by Crippen LogP contribution is -2.23. The Labute approximate surface area is 147 Å². The Bertz CT molecular complexity index is 705. The third-order valence-corrected chi connectivity index (χ3v) is 3.76. The Kier molecular flexibility index (Phi) is 6.57. The van der Waals surface area contributed by atoms with Crippen molar-refractivity contribution in [2.45, 2.75) is 39.2 Å². The summed E-state index contributed by atoms with van der Waals surface area (Å²) < 4.78 is 5.81. The molecule has 132 valence electrons. The molecule has 0 radical (unpaired) electrons. The fourth-order valence-electron chi connectivity index (χ4n) is 2.24. The van der Waals surface area contributed by atoms with Gasteiger partial charge in [-0.3, -0.25) is 9.59 Å². The van der Waals surface area contributed by atoms with E-state index < -0.39 is 5.97 Å². The molecule has 2 N–H and O–H groups in total. The summed E-state index contributed by atoms with van der Waals surface area (Å²) in [5, 5.41) is 11.2. The third-order valence-electron chi connectivity index (χ3n) is 3.76.